The molecular weight excluding hydrogens is 417 g/mol. The molecule has 0 bridgehead atoms. The van der Waals surface area contributed by atoms with Crippen molar-refractivity contribution in [3.63, 3.8) is 0 Å². The lowest BCUT2D eigenvalue weighted by atomic mass is 10.1. The quantitative estimate of drug-likeness (QED) is 0.492. The van der Waals surface area contributed by atoms with Gasteiger partial charge in [-0.25, -0.2) is 9.37 Å². The summed E-state index contributed by atoms with van der Waals surface area (Å²) < 4.78 is 15.5. The number of benzene rings is 3. The first kappa shape index (κ1) is 20.8. The van der Waals surface area contributed by atoms with E-state index in [1.807, 2.05) is 13.0 Å². The Labute approximate surface area is 183 Å². The number of aromatic nitrogens is 2. The average molecular weight is 436 g/mol. The molecule has 1 amide bonds. The van der Waals surface area contributed by atoms with Crippen LogP contribution in [0.5, 0.6) is 0 Å². The van der Waals surface area contributed by atoms with Gasteiger partial charge in [-0.1, -0.05) is 29.8 Å². The fraction of sp³-hybridized carbons (Fsp3) is 0.125. The number of halogens is 2. The summed E-state index contributed by atoms with van der Waals surface area (Å²) in [7, 11) is 0. The van der Waals surface area contributed by atoms with Crippen LogP contribution in [0.3, 0.4) is 0 Å². The number of amides is 1. The van der Waals surface area contributed by atoms with E-state index in [0.29, 0.717) is 28.1 Å². The molecule has 1 heterocycles. The summed E-state index contributed by atoms with van der Waals surface area (Å²) >= 11 is 6.01. The van der Waals surface area contributed by atoms with E-state index in [2.05, 4.69) is 10.3 Å². The van der Waals surface area contributed by atoms with Gasteiger partial charge in [-0.2, -0.15) is 0 Å². The second kappa shape index (κ2) is 8.32. The Balaban J connectivity index is 1.63. The van der Waals surface area contributed by atoms with E-state index in [-0.39, 0.29) is 28.5 Å². The maximum absolute atomic E-state index is 14.0. The smallest absolute Gasteiger partial charge is 0.265 e. The summed E-state index contributed by atoms with van der Waals surface area (Å²) in [6.07, 6.45) is -0.181. The van der Waals surface area contributed by atoms with Gasteiger partial charge in [0.1, 0.15) is 11.6 Å². The summed E-state index contributed by atoms with van der Waals surface area (Å²) in [5.41, 5.74) is 2.61. The lowest BCUT2D eigenvalue weighted by Crippen LogP contribution is -2.22. The van der Waals surface area contributed by atoms with Gasteiger partial charge in [0, 0.05) is 16.3 Å². The van der Waals surface area contributed by atoms with E-state index in [1.165, 1.54) is 12.1 Å². The van der Waals surface area contributed by atoms with Crippen molar-refractivity contribution in [1.82, 2.24) is 9.55 Å². The Morgan fingerprint density at radius 2 is 1.87 bits per heavy atom. The first-order valence-corrected chi connectivity index (χ1v) is 10.0. The molecule has 0 atom stereocenters. The molecule has 0 aliphatic heterocycles. The highest BCUT2D eigenvalue weighted by Gasteiger charge is 2.14. The highest BCUT2D eigenvalue weighted by Crippen LogP contribution is 2.23. The molecule has 1 aromatic heterocycles. The average Bonchev–Trinajstić information content (AvgIpc) is 2.73. The van der Waals surface area contributed by atoms with Crippen molar-refractivity contribution in [3.8, 4) is 5.69 Å². The molecule has 156 valence electrons. The standard InChI is InChI=1S/C24H19ClFN3O2/c1-14-12-16(29-15(2)27-22-9-4-3-6-17(22)24(29)31)10-11-21(14)28-23(30)13-18-19(25)7-5-8-20(18)26/h3-12H,13H2,1-2H3,(H,28,30). The molecule has 1 N–H and O–H groups in total. The van der Waals surface area contributed by atoms with Crippen LogP contribution in [-0.4, -0.2) is 15.5 Å². The number of carbonyl (C=O) groups excluding carboxylic acids is 1. The fourth-order valence-electron chi connectivity index (χ4n) is 3.53. The predicted molar refractivity (Wildman–Crippen MR) is 121 cm³/mol. The molecule has 0 radical (unpaired) electrons. The lowest BCUT2D eigenvalue weighted by Gasteiger charge is -2.14. The highest BCUT2D eigenvalue weighted by molar-refractivity contribution is 6.31. The third-order valence-electron chi connectivity index (χ3n) is 5.08. The number of rotatable bonds is 4. The maximum Gasteiger partial charge on any atom is 0.265 e. The van der Waals surface area contributed by atoms with Crippen molar-refractivity contribution in [2.45, 2.75) is 20.3 Å². The molecular formula is C24H19ClFN3O2. The van der Waals surface area contributed by atoms with Crippen molar-refractivity contribution in [3.05, 3.63) is 98.8 Å². The van der Waals surface area contributed by atoms with Gasteiger partial charge in [-0.3, -0.25) is 14.2 Å². The fourth-order valence-corrected chi connectivity index (χ4v) is 3.76. The number of nitrogens with zero attached hydrogens (tertiary/aromatic N) is 2. The normalized spacial score (nSPS) is 11.0. The number of aryl methyl sites for hydroxylation is 2. The molecule has 5 nitrogen and oxygen atoms in total. The summed E-state index contributed by atoms with van der Waals surface area (Å²) in [5, 5.41) is 3.52. The van der Waals surface area contributed by atoms with E-state index in [4.69, 9.17) is 11.6 Å². The number of para-hydroxylation sites is 1. The second-order valence-electron chi connectivity index (χ2n) is 7.24. The maximum atomic E-state index is 14.0. The topological polar surface area (TPSA) is 64.0 Å². The summed E-state index contributed by atoms with van der Waals surface area (Å²) in [5.74, 6) is -0.342. The van der Waals surface area contributed by atoms with Crippen molar-refractivity contribution >= 4 is 34.1 Å². The Morgan fingerprint density at radius 1 is 1.10 bits per heavy atom. The summed E-state index contributed by atoms with van der Waals surface area (Å²) in [6.45, 7) is 3.60. The zero-order chi connectivity index (χ0) is 22.1. The molecule has 0 saturated carbocycles. The molecule has 0 unspecified atom stereocenters. The van der Waals surface area contributed by atoms with Crippen molar-refractivity contribution in [2.24, 2.45) is 0 Å². The zero-order valence-electron chi connectivity index (χ0n) is 16.9. The summed E-state index contributed by atoms with van der Waals surface area (Å²) in [6, 6.07) is 16.8. The Kier molecular flexibility index (Phi) is 5.57. The monoisotopic (exact) mass is 435 g/mol. The SMILES string of the molecule is Cc1cc(-n2c(C)nc3ccccc3c2=O)ccc1NC(=O)Cc1c(F)cccc1Cl. The second-order valence-corrected chi connectivity index (χ2v) is 7.65. The number of hydrogen-bond donors (Lipinski definition) is 1. The molecule has 0 saturated heterocycles. The van der Waals surface area contributed by atoms with Gasteiger partial charge in [-0.05, 0) is 61.9 Å². The first-order valence-electron chi connectivity index (χ1n) is 9.67. The van der Waals surface area contributed by atoms with Crippen molar-refractivity contribution < 1.29 is 9.18 Å². The van der Waals surface area contributed by atoms with Crippen LogP contribution in [0.15, 0.2) is 65.5 Å². The molecule has 31 heavy (non-hydrogen) atoms. The first-order chi connectivity index (χ1) is 14.8. The summed E-state index contributed by atoms with van der Waals surface area (Å²) in [4.78, 5) is 30.0. The molecule has 0 aliphatic carbocycles. The molecule has 7 heteroatoms. The van der Waals surface area contributed by atoms with E-state index in [1.54, 1.807) is 54.0 Å². The minimum absolute atomic E-state index is 0.153. The van der Waals surface area contributed by atoms with E-state index >= 15 is 0 Å². The Morgan fingerprint density at radius 3 is 2.61 bits per heavy atom. The third kappa shape index (κ3) is 4.07. The van der Waals surface area contributed by atoms with Crippen LogP contribution < -0.4 is 10.9 Å². The Bertz CT molecular complexity index is 1360. The number of nitrogens with one attached hydrogen (secondary N) is 1. The zero-order valence-corrected chi connectivity index (χ0v) is 17.7. The number of hydrogen-bond acceptors (Lipinski definition) is 3. The van der Waals surface area contributed by atoms with Crippen LogP contribution in [0.1, 0.15) is 17.0 Å². The molecule has 0 spiro atoms. The molecule has 3 aromatic carbocycles. The van der Waals surface area contributed by atoms with Crippen LogP contribution in [0.4, 0.5) is 10.1 Å². The minimum Gasteiger partial charge on any atom is -0.326 e. The van der Waals surface area contributed by atoms with Crippen LogP contribution in [0.25, 0.3) is 16.6 Å². The van der Waals surface area contributed by atoms with Crippen LogP contribution >= 0.6 is 11.6 Å². The molecule has 4 rings (SSSR count). The molecule has 0 fully saturated rings. The van der Waals surface area contributed by atoms with Gasteiger partial charge in [0.05, 0.1) is 23.0 Å². The van der Waals surface area contributed by atoms with Crippen LogP contribution in [0, 0.1) is 19.7 Å². The molecule has 4 aromatic rings. The van der Waals surface area contributed by atoms with Gasteiger partial charge >= 0.3 is 0 Å². The number of carbonyl (C=O) groups is 1. The largest absolute Gasteiger partial charge is 0.326 e. The van der Waals surface area contributed by atoms with Crippen molar-refractivity contribution in [2.75, 3.05) is 5.32 Å². The van der Waals surface area contributed by atoms with Crippen LogP contribution in [-0.2, 0) is 11.2 Å². The highest BCUT2D eigenvalue weighted by atomic mass is 35.5. The van der Waals surface area contributed by atoms with Gasteiger partial charge in [0.15, 0.2) is 0 Å². The van der Waals surface area contributed by atoms with E-state index in [0.717, 1.165) is 5.56 Å². The lowest BCUT2D eigenvalue weighted by molar-refractivity contribution is -0.115. The predicted octanol–water partition coefficient (Wildman–Crippen LogP) is 4.98. The number of fused-ring (bicyclic) bond motifs is 1. The van der Waals surface area contributed by atoms with Gasteiger partial charge in [0.2, 0.25) is 5.91 Å². The van der Waals surface area contributed by atoms with E-state index in [9.17, 15) is 14.0 Å². The van der Waals surface area contributed by atoms with Gasteiger partial charge in [0.25, 0.3) is 5.56 Å². The van der Waals surface area contributed by atoms with Crippen LogP contribution in [0.2, 0.25) is 5.02 Å². The van der Waals surface area contributed by atoms with E-state index < -0.39 is 5.82 Å². The molecule has 0 aliphatic rings. The number of anilines is 1. The van der Waals surface area contributed by atoms with Gasteiger partial charge in [-0.15, -0.1) is 0 Å². The van der Waals surface area contributed by atoms with Gasteiger partial charge < -0.3 is 5.32 Å². The van der Waals surface area contributed by atoms with Crippen molar-refractivity contribution in [1.29, 1.82) is 0 Å². The minimum atomic E-state index is -0.520. The third-order valence-corrected chi connectivity index (χ3v) is 5.44. The Hall–Kier alpha value is -3.51.